The molecule has 1 fully saturated rings. The van der Waals surface area contributed by atoms with Gasteiger partial charge in [-0.3, -0.25) is 14.6 Å². The summed E-state index contributed by atoms with van der Waals surface area (Å²) < 4.78 is 7.56. The predicted molar refractivity (Wildman–Crippen MR) is 95.3 cm³/mol. The molecule has 3 heterocycles. The van der Waals surface area contributed by atoms with Crippen LogP contribution >= 0.6 is 0 Å². The van der Waals surface area contributed by atoms with Gasteiger partial charge in [0.1, 0.15) is 5.75 Å². The lowest BCUT2D eigenvalue weighted by molar-refractivity contribution is 0.243. The fourth-order valence-corrected chi connectivity index (χ4v) is 4.04. The van der Waals surface area contributed by atoms with E-state index in [1.54, 1.807) is 7.11 Å². The molecule has 2 aromatic heterocycles. The first-order valence-corrected chi connectivity index (χ1v) is 8.67. The second-order valence-corrected chi connectivity index (χ2v) is 6.88. The Morgan fingerprint density at radius 3 is 2.62 bits per heavy atom. The Labute approximate surface area is 144 Å². The van der Waals surface area contributed by atoms with Crippen LogP contribution in [0, 0.1) is 27.7 Å². The van der Waals surface area contributed by atoms with Gasteiger partial charge in [-0.2, -0.15) is 5.10 Å². The van der Waals surface area contributed by atoms with Crippen molar-refractivity contribution in [2.24, 2.45) is 7.05 Å². The van der Waals surface area contributed by atoms with Crippen molar-refractivity contribution in [3.63, 3.8) is 0 Å². The number of rotatable bonds is 4. The van der Waals surface area contributed by atoms with Crippen LogP contribution < -0.4 is 4.74 Å². The number of likely N-dealkylation sites (tertiary alicyclic amines) is 1. The number of nitrogens with zero attached hydrogens (tertiary/aromatic N) is 4. The molecule has 2 aromatic rings. The molecule has 0 unspecified atom stereocenters. The highest BCUT2D eigenvalue weighted by Gasteiger charge is 2.31. The fourth-order valence-electron chi connectivity index (χ4n) is 4.04. The van der Waals surface area contributed by atoms with E-state index in [0.717, 1.165) is 41.4 Å². The average Bonchev–Trinajstić information content (AvgIpc) is 3.07. The first-order chi connectivity index (χ1) is 11.4. The molecule has 0 radical (unpaired) electrons. The van der Waals surface area contributed by atoms with Gasteiger partial charge in [-0.1, -0.05) is 0 Å². The number of pyridine rings is 1. The highest BCUT2D eigenvalue weighted by atomic mass is 16.5. The minimum absolute atomic E-state index is 0.437. The predicted octanol–water partition coefficient (Wildman–Crippen LogP) is 3.39. The Bertz CT molecular complexity index is 750. The third-order valence-corrected chi connectivity index (χ3v) is 5.36. The van der Waals surface area contributed by atoms with Crippen LogP contribution in [0.15, 0.2) is 6.20 Å². The van der Waals surface area contributed by atoms with Crippen molar-refractivity contribution in [2.75, 3.05) is 13.7 Å². The third-order valence-electron chi connectivity index (χ3n) is 5.36. The molecule has 1 saturated heterocycles. The quantitative estimate of drug-likeness (QED) is 0.863. The lowest BCUT2D eigenvalue weighted by atomic mass is 10.0. The molecule has 0 spiro atoms. The van der Waals surface area contributed by atoms with E-state index in [1.807, 2.05) is 24.9 Å². The van der Waals surface area contributed by atoms with Crippen LogP contribution in [0.2, 0.25) is 0 Å². The maximum atomic E-state index is 5.56. The maximum Gasteiger partial charge on any atom is 0.128 e. The van der Waals surface area contributed by atoms with Gasteiger partial charge in [-0.25, -0.2) is 0 Å². The van der Waals surface area contributed by atoms with Crippen LogP contribution in [0.4, 0.5) is 0 Å². The van der Waals surface area contributed by atoms with Crippen LogP contribution in [0.5, 0.6) is 5.75 Å². The highest BCUT2D eigenvalue weighted by molar-refractivity contribution is 5.41. The molecule has 0 saturated carbocycles. The van der Waals surface area contributed by atoms with Crippen molar-refractivity contribution in [3.05, 3.63) is 40.0 Å². The lowest BCUT2D eigenvalue weighted by Gasteiger charge is -2.26. The van der Waals surface area contributed by atoms with Gasteiger partial charge in [0.25, 0.3) is 0 Å². The van der Waals surface area contributed by atoms with E-state index in [4.69, 9.17) is 4.74 Å². The molecule has 24 heavy (non-hydrogen) atoms. The second kappa shape index (κ2) is 6.55. The molecule has 130 valence electrons. The van der Waals surface area contributed by atoms with E-state index in [1.165, 1.54) is 24.1 Å². The molecule has 0 N–H and O–H groups in total. The zero-order valence-electron chi connectivity index (χ0n) is 15.7. The largest absolute Gasteiger partial charge is 0.496 e. The number of hydrogen-bond acceptors (Lipinski definition) is 4. The van der Waals surface area contributed by atoms with E-state index in [9.17, 15) is 0 Å². The summed E-state index contributed by atoms with van der Waals surface area (Å²) in [6.45, 7) is 10.4. The van der Waals surface area contributed by atoms with E-state index >= 15 is 0 Å². The topological polar surface area (TPSA) is 43.2 Å². The zero-order valence-corrected chi connectivity index (χ0v) is 15.7. The summed E-state index contributed by atoms with van der Waals surface area (Å²) in [6, 6.07) is 0.437. The fraction of sp³-hybridized carbons (Fsp3) is 0.579. The summed E-state index contributed by atoms with van der Waals surface area (Å²) in [4.78, 5) is 7.23. The third kappa shape index (κ3) is 2.81. The minimum atomic E-state index is 0.437. The summed E-state index contributed by atoms with van der Waals surface area (Å²) in [5.74, 6) is 0.962. The molecule has 0 bridgehead atoms. The van der Waals surface area contributed by atoms with E-state index in [0.29, 0.717) is 6.04 Å². The minimum Gasteiger partial charge on any atom is -0.496 e. The SMILES string of the molecule is COc1c(C)cnc(CN2CCC[C@@H]2c2c(C)nn(C)c2C)c1C. The van der Waals surface area contributed by atoms with Crippen molar-refractivity contribution in [3.8, 4) is 5.75 Å². The van der Waals surface area contributed by atoms with Gasteiger partial charge in [-0.05, 0) is 47.1 Å². The molecule has 5 nitrogen and oxygen atoms in total. The zero-order chi connectivity index (χ0) is 17.4. The number of hydrogen-bond donors (Lipinski definition) is 0. The molecular formula is C19H28N4O. The van der Waals surface area contributed by atoms with E-state index in [2.05, 4.69) is 35.8 Å². The monoisotopic (exact) mass is 328 g/mol. The first kappa shape index (κ1) is 17.0. The van der Waals surface area contributed by atoms with Crippen LogP contribution in [-0.2, 0) is 13.6 Å². The molecule has 3 rings (SSSR count). The molecule has 0 aromatic carbocycles. The number of ether oxygens (including phenoxy) is 1. The van der Waals surface area contributed by atoms with Crippen molar-refractivity contribution in [2.45, 2.75) is 53.1 Å². The second-order valence-electron chi connectivity index (χ2n) is 6.88. The molecule has 0 aliphatic carbocycles. The van der Waals surface area contributed by atoms with Gasteiger partial charge in [0.2, 0.25) is 0 Å². The van der Waals surface area contributed by atoms with Crippen molar-refractivity contribution < 1.29 is 4.74 Å². The Morgan fingerprint density at radius 2 is 2.00 bits per heavy atom. The Balaban J connectivity index is 1.90. The van der Waals surface area contributed by atoms with Crippen LogP contribution in [0.3, 0.4) is 0 Å². The number of aryl methyl sites for hydroxylation is 3. The molecule has 0 amide bonds. The molecule has 1 aliphatic heterocycles. The van der Waals surface area contributed by atoms with E-state index in [-0.39, 0.29) is 0 Å². The standard InChI is InChI=1S/C19H28N4O/c1-12-10-20-16(13(2)19(12)24-6)11-23-9-7-8-17(23)18-14(3)21-22(5)15(18)4/h10,17H,7-9,11H2,1-6H3/t17-/m1/s1. The molecule has 5 heteroatoms. The van der Waals surface area contributed by atoms with Gasteiger partial charge in [-0.15, -0.1) is 0 Å². The molecule has 1 atom stereocenters. The Hall–Kier alpha value is -1.88. The van der Waals surface area contributed by atoms with Gasteiger partial charge < -0.3 is 4.74 Å². The first-order valence-electron chi connectivity index (χ1n) is 8.67. The Morgan fingerprint density at radius 1 is 1.25 bits per heavy atom. The van der Waals surface area contributed by atoms with Crippen molar-refractivity contribution in [1.29, 1.82) is 0 Å². The summed E-state index contributed by atoms with van der Waals surface area (Å²) in [7, 11) is 3.77. The summed E-state index contributed by atoms with van der Waals surface area (Å²) >= 11 is 0. The maximum absolute atomic E-state index is 5.56. The lowest BCUT2D eigenvalue weighted by Crippen LogP contribution is -2.24. The number of methoxy groups -OCH3 is 1. The van der Waals surface area contributed by atoms with E-state index < -0.39 is 0 Å². The van der Waals surface area contributed by atoms with Crippen molar-refractivity contribution in [1.82, 2.24) is 19.7 Å². The van der Waals surface area contributed by atoms with Crippen LogP contribution in [-0.4, -0.2) is 33.3 Å². The van der Waals surface area contributed by atoms with Gasteiger partial charge in [0.05, 0.1) is 18.5 Å². The summed E-state index contributed by atoms with van der Waals surface area (Å²) in [6.07, 6.45) is 4.34. The summed E-state index contributed by atoms with van der Waals surface area (Å²) in [5.41, 5.74) is 7.18. The normalized spacial score (nSPS) is 18.3. The smallest absolute Gasteiger partial charge is 0.128 e. The Kier molecular flexibility index (Phi) is 4.63. The highest BCUT2D eigenvalue weighted by Crippen LogP contribution is 2.37. The van der Waals surface area contributed by atoms with Crippen molar-refractivity contribution >= 4 is 0 Å². The van der Waals surface area contributed by atoms with Gasteiger partial charge in [0.15, 0.2) is 0 Å². The van der Waals surface area contributed by atoms with Gasteiger partial charge >= 0.3 is 0 Å². The molecular weight excluding hydrogens is 300 g/mol. The van der Waals surface area contributed by atoms with Crippen LogP contribution in [0.25, 0.3) is 0 Å². The van der Waals surface area contributed by atoms with Crippen LogP contribution in [0.1, 0.15) is 52.7 Å². The summed E-state index contributed by atoms with van der Waals surface area (Å²) in [5, 5.41) is 4.61. The molecule has 1 aliphatic rings. The van der Waals surface area contributed by atoms with Gasteiger partial charge in [0, 0.05) is 48.2 Å². The average molecular weight is 328 g/mol. The number of aromatic nitrogens is 3.